The van der Waals surface area contributed by atoms with Crippen LogP contribution < -0.4 is 10.5 Å². The lowest BCUT2D eigenvalue weighted by Crippen LogP contribution is -2.15. The zero-order chi connectivity index (χ0) is 19.6. The van der Waals surface area contributed by atoms with Gasteiger partial charge in [-0.3, -0.25) is 9.52 Å². The molecule has 0 saturated carbocycles. The number of hydrogen-bond donors (Lipinski definition) is 2. The van der Waals surface area contributed by atoms with Gasteiger partial charge in [0.25, 0.3) is 21.8 Å². The molecule has 1 amide bonds. The van der Waals surface area contributed by atoms with Crippen molar-refractivity contribution in [2.75, 3.05) is 11.8 Å². The summed E-state index contributed by atoms with van der Waals surface area (Å²) in [5.74, 6) is -1.79. The third kappa shape index (κ3) is 3.78. The second-order valence-corrected chi connectivity index (χ2v) is 7.59. The van der Waals surface area contributed by atoms with E-state index in [1.807, 2.05) is 0 Å². The van der Waals surface area contributed by atoms with Crippen LogP contribution in [0.4, 0.5) is 5.69 Å². The minimum Gasteiger partial charge on any atom is -0.465 e. The molecule has 3 rings (SSSR count). The summed E-state index contributed by atoms with van der Waals surface area (Å²) in [7, 11) is -2.82. The molecule has 27 heavy (non-hydrogen) atoms. The van der Waals surface area contributed by atoms with Gasteiger partial charge in [0.2, 0.25) is 0 Å². The van der Waals surface area contributed by atoms with Gasteiger partial charge in [-0.05, 0) is 40.9 Å². The maximum atomic E-state index is 12.5. The average Bonchev–Trinajstić information content (AvgIpc) is 3.31. The summed E-state index contributed by atoms with van der Waals surface area (Å²) >= 11 is 0.966. The van der Waals surface area contributed by atoms with Gasteiger partial charge in [-0.25, -0.2) is 13.2 Å². The van der Waals surface area contributed by atoms with Gasteiger partial charge in [-0.2, -0.15) is 0 Å². The molecule has 0 bridgehead atoms. The van der Waals surface area contributed by atoms with Crippen LogP contribution in [0.25, 0.3) is 5.69 Å². The fourth-order valence-electron chi connectivity index (χ4n) is 2.05. The molecule has 0 aliphatic rings. The molecule has 0 radical (unpaired) electrons. The van der Waals surface area contributed by atoms with Crippen LogP contribution >= 0.6 is 11.3 Å². The lowest BCUT2D eigenvalue weighted by atomic mass is 10.3. The molecule has 2 heterocycles. The predicted octanol–water partition coefficient (Wildman–Crippen LogP) is 0.410. The monoisotopic (exact) mass is 408 g/mol. The Morgan fingerprint density at radius 1 is 1.22 bits per heavy atom. The maximum absolute atomic E-state index is 12.5. The van der Waals surface area contributed by atoms with Crippen molar-refractivity contribution in [3.05, 3.63) is 46.4 Å². The smallest absolute Gasteiger partial charge is 0.349 e. The Balaban J connectivity index is 1.82. The molecule has 3 N–H and O–H groups in total. The van der Waals surface area contributed by atoms with E-state index >= 15 is 0 Å². The Kier molecular flexibility index (Phi) is 4.87. The van der Waals surface area contributed by atoms with Crippen LogP contribution in [-0.2, 0) is 14.8 Å². The van der Waals surface area contributed by atoms with Crippen molar-refractivity contribution < 1.29 is 22.7 Å². The first kappa shape index (κ1) is 18.5. The highest BCUT2D eigenvalue weighted by Crippen LogP contribution is 2.25. The molecule has 3 aromatic rings. The minimum absolute atomic E-state index is 0.0209. The van der Waals surface area contributed by atoms with Crippen LogP contribution in [0.2, 0.25) is 0 Å². The molecule has 0 aliphatic carbocycles. The van der Waals surface area contributed by atoms with Crippen molar-refractivity contribution in [2.24, 2.45) is 5.73 Å². The van der Waals surface area contributed by atoms with Gasteiger partial charge in [0, 0.05) is 5.69 Å². The lowest BCUT2D eigenvalue weighted by Gasteiger charge is -2.08. The molecular formula is C14H12N6O5S2. The van der Waals surface area contributed by atoms with Crippen LogP contribution in [0.15, 0.2) is 40.6 Å². The van der Waals surface area contributed by atoms with Crippen molar-refractivity contribution in [1.29, 1.82) is 0 Å². The number of esters is 1. The number of aromatic nitrogens is 4. The largest absolute Gasteiger partial charge is 0.465 e. The number of ether oxygens (including phenoxy) is 1. The van der Waals surface area contributed by atoms with E-state index in [-0.39, 0.29) is 21.3 Å². The molecular weight excluding hydrogens is 396 g/mol. The SMILES string of the molecule is COC(=O)c1sccc1S(=O)(=O)Nc1ccc(-n2nnc(C(N)=O)n2)cc1. The van der Waals surface area contributed by atoms with E-state index in [1.165, 1.54) is 42.8 Å². The predicted molar refractivity (Wildman–Crippen MR) is 94.1 cm³/mol. The van der Waals surface area contributed by atoms with E-state index in [4.69, 9.17) is 5.73 Å². The van der Waals surface area contributed by atoms with Crippen LogP contribution in [0.5, 0.6) is 0 Å². The number of methoxy groups -OCH3 is 1. The highest BCUT2D eigenvalue weighted by Gasteiger charge is 2.24. The Morgan fingerprint density at radius 2 is 1.93 bits per heavy atom. The number of anilines is 1. The molecule has 140 valence electrons. The lowest BCUT2D eigenvalue weighted by molar-refractivity contribution is 0.0602. The van der Waals surface area contributed by atoms with Gasteiger partial charge < -0.3 is 10.5 Å². The van der Waals surface area contributed by atoms with Crippen molar-refractivity contribution in [2.45, 2.75) is 4.90 Å². The topological polar surface area (TPSA) is 159 Å². The Labute approximate surface area is 156 Å². The molecule has 1 aromatic carbocycles. The summed E-state index contributed by atoms with van der Waals surface area (Å²) in [4.78, 5) is 23.6. The number of nitrogens with zero attached hydrogens (tertiary/aromatic N) is 4. The summed E-state index contributed by atoms with van der Waals surface area (Å²) in [5.41, 5.74) is 5.74. The van der Waals surface area contributed by atoms with Gasteiger partial charge in [-0.15, -0.1) is 26.3 Å². The normalized spacial score (nSPS) is 11.1. The number of sulfonamides is 1. The first-order valence-corrected chi connectivity index (χ1v) is 9.57. The van der Waals surface area contributed by atoms with Crippen LogP contribution in [-0.4, -0.2) is 47.6 Å². The number of rotatable bonds is 6. The number of thiophene rings is 1. The molecule has 0 fully saturated rings. The van der Waals surface area contributed by atoms with Gasteiger partial charge in [0.1, 0.15) is 9.77 Å². The highest BCUT2D eigenvalue weighted by molar-refractivity contribution is 7.93. The van der Waals surface area contributed by atoms with Crippen LogP contribution in [0, 0.1) is 0 Å². The van der Waals surface area contributed by atoms with E-state index in [9.17, 15) is 18.0 Å². The van der Waals surface area contributed by atoms with Gasteiger partial charge >= 0.3 is 5.97 Å². The fraction of sp³-hybridized carbons (Fsp3) is 0.0714. The van der Waals surface area contributed by atoms with Gasteiger partial charge in [-0.1, -0.05) is 0 Å². The summed E-state index contributed by atoms with van der Waals surface area (Å²) in [6.07, 6.45) is 0. The third-order valence-corrected chi connectivity index (χ3v) is 5.72. The number of hydrogen-bond acceptors (Lipinski definition) is 9. The zero-order valence-corrected chi connectivity index (χ0v) is 15.3. The van der Waals surface area contributed by atoms with E-state index in [0.717, 1.165) is 16.1 Å². The Hall–Kier alpha value is -3.32. The van der Waals surface area contributed by atoms with Crippen molar-refractivity contribution >= 4 is 38.9 Å². The Bertz CT molecular complexity index is 1100. The number of primary amides is 1. The first-order valence-electron chi connectivity index (χ1n) is 7.20. The quantitative estimate of drug-likeness (QED) is 0.555. The average molecular weight is 408 g/mol. The Morgan fingerprint density at radius 3 is 2.52 bits per heavy atom. The van der Waals surface area contributed by atoms with E-state index < -0.39 is 21.9 Å². The number of amides is 1. The summed E-state index contributed by atoms with van der Waals surface area (Å²) in [6, 6.07) is 7.27. The highest BCUT2D eigenvalue weighted by atomic mass is 32.2. The second kappa shape index (κ2) is 7.13. The molecule has 0 atom stereocenters. The molecule has 0 aliphatic heterocycles. The maximum Gasteiger partial charge on any atom is 0.349 e. The second-order valence-electron chi connectivity index (χ2n) is 5.02. The molecule has 13 heteroatoms. The van der Waals surface area contributed by atoms with Gasteiger partial charge in [0.15, 0.2) is 0 Å². The number of nitrogens with two attached hydrogens (primary N) is 1. The summed E-state index contributed by atoms with van der Waals surface area (Å²) in [5, 5.41) is 12.5. The molecule has 2 aromatic heterocycles. The van der Waals surface area contributed by atoms with Crippen LogP contribution in [0.3, 0.4) is 0 Å². The number of benzene rings is 1. The minimum atomic E-state index is -3.99. The summed E-state index contributed by atoms with van der Waals surface area (Å²) in [6.45, 7) is 0. The van der Waals surface area contributed by atoms with E-state index in [0.29, 0.717) is 5.69 Å². The first-order chi connectivity index (χ1) is 12.8. The van der Waals surface area contributed by atoms with Gasteiger partial charge in [0.05, 0.1) is 12.8 Å². The van der Waals surface area contributed by atoms with Crippen molar-refractivity contribution in [1.82, 2.24) is 20.2 Å². The molecule has 0 spiro atoms. The fourth-order valence-corrected chi connectivity index (χ4v) is 4.44. The van der Waals surface area contributed by atoms with Crippen LogP contribution in [0.1, 0.15) is 20.3 Å². The molecule has 0 saturated heterocycles. The molecule has 0 unspecified atom stereocenters. The zero-order valence-electron chi connectivity index (χ0n) is 13.7. The number of carbonyl (C=O) groups excluding carboxylic acids is 2. The third-order valence-electron chi connectivity index (χ3n) is 3.27. The van der Waals surface area contributed by atoms with Crippen molar-refractivity contribution in [3.8, 4) is 5.69 Å². The summed E-state index contributed by atoms with van der Waals surface area (Å²) < 4.78 is 32.0. The number of carbonyl (C=O) groups is 2. The van der Waals surface area contributed by atoms with E-state index in [2.05, 4.69) is 24.9 Å². The van der Waals surface area contributed by atoms with Crippen molar-refractivity contribution in [3.63, 3.8) is 0 Å². The molecule has 11 nitrogen and oxygen atoms in total. The standard InChI is InChI=1S/C14H12N6O5S2/c1-25-14(22)11-10(6-7-26-11)27(23,24)18-8-2-4-9(5-3-8)20-17-13(12(15)21)16-19-20/h2-7,18H,1H3,(H2,15,21). The number of nitrogens with one attached hydrogen (secondary N) is 1. The van der Waals surface area contributed by atoms with E-state index in [1.54, 1.807) is 0 Å². The number of tetrazole rings is 1.